The normalized spacial score (nSPS) is 9.95. The maximum atomic E-state index is 12.1. The first kappa shape index (κ1) is 14.2. The summed E-state index contributed by atoms with van der Waals surface area (Å²) in [5.41, 5.74) is 1.42. The molecule has 20 heavy (non-hydrogen) atoms. The van der Waals surface area contributed by atoms with Gasteiger partial charge in [0.2, 0.25) is 0 Å². The van der Waals surface area contributed by atoms with E-state index in [0.29, 0.717) is 16.5 Å². The van der Waals surface area contributed by atoms with E-state index >= 15 is 0 Å². The zero-order valence-electron chi connectivity index (χ0n) is 11.3. The Balaban J connectivity index is 2.10. The van der Waals surface area contributed by atoms with Gasteiger partial charge in [0.1, 0.15) is 5.75 Å². The van der Waals surface area contributed by atoms with Crippen molar-refractivity contribution >= 4 is 29.0 Å². The Labute approximate surface area is 122 Å². The Hall–Kier alpha value is -2.20. The average molecular weight is 291 g/mol. The highest BCUT2D eigenvalue weighted by atomic mass is 35.5. The summed E-state index contributed by atoms with van der Waals surface area (Å²) in [6.07, 6.45) is 0. The number of urea groups is 1. The van der Waals surface area contributed by atoms with E-state index in [-0.39, 0.29) is 6.03 Å². The van der Waals surface area contributed by atoms with Crippen molar-refractivity contribution in [1.82, 2.24) is 0 Å². The van der Waals surface area contributed by atoms with E-state index in [1.807, 2.05) is 30.3 Å². The lowest BCUT2D eigenvalue weighted by molar-refractivity contribution is 0.258. The van der Waals surface area contributed by atoms with Crippen LogP contribution < -0.4 is 15.0 Å². The zero-order valence-corrected chi connectivity index (χ0v) is 12.0. The number of carbonyl (C=O) groups excluding carboxylic acids is 1. The van der Waals surface area contributed by atoms with Crippen molar-refractivity contribution in [3.63, 3.8) is 0 Å². The van der Waals surface area contributed by atoms with Crippen molar-refractivity contribution in [3.05, 3.63) is 53.6 Å². The number of benzene rings is 2. The zero-order chi connectivity index (χ0) is 14.5. The number of rotatable bonds is 3. The van der Waals surface area contributed by atoms with Crippen LogP contribution in [0.25, 0.3) is 0 Å². The van der Waals surface area contributed by atoms with Crippen molar-refractivity contribution < 1.29 is 9.53 Å². The van der Waals surface area contributed by atoms with Crippen LogP contribution in [0.2, 0.25) is 5.02 Å². The van der Waals surface area contributed by atoms with Crippen LogP contribution in [0.4, 0.5) is 16.2 Å². The second-order valence-electron chi connectivity index (χ2n) is 4.17. The van der Waals surface area contributed by atoms with Gasteiger partial charge in [-0.15, -0.1) is 0 Å². The summed E-state index contributed by atoms with van der Waals surface area (Å²) < 4.78 is 5.07. The highest BCUT2D eigenvalue weighted by molar-refractivity contribution is 6.32. The van der Waals surface area contributed by atoms with Gasteiger partial charge in [0.15, 0.2) is 0 Å². The largest absolute Gasteiger partial charge is 0.495 e. The summed E-state index contributed by atoms with van der Waals surface area (Å²) >= 11 is 6.02. The molecule has 0 atom stereocenters. The minimum absolute atomic E-state index is 0.238. The lowest BCUT2D eigenvalue weighted by Crippen LogP contribution is -2.31. The van der Waals surface area contributed by atoms with Crippen molar-refractivity contribution in [2.75, 3.05) is 24.4 Å². The molecule has 0 fully saturated rings. The van der Waals surface area contributed by atoms with Crippen LogP contribution >= 0.6 is 11.6 Å². The molecule has 0 aliphatic rings. The molecule has 4 nitrogen and oxygen atoms in total. The second-order valence-corrected chi connectivity index (χ2v) is 4.58. The fourth-order valence-corrected chi connectivity index (χ4v) is 1.98. The predicted molar refractivity (Wildman–Crippen MR) is 81.9 cm³/mol. The fourth-order valence-electron chi connectivity index (χ4n) is 1.72. The lowest BCUT2D eigenvalue weighted by Gasteiger charge is -2.18. The van der Waals surface area contributed by atoms with Crippen molar-refractivity contribution in [3.8, 4) is 5.75 Å². The number of halogens is 1. The molecule has 104 valence electrons. The SMILES string of the molecule is COc1ccc(NC(=O)N(C)c2ccccc2)cc1Cl. The van der Waals surface area contributed by atoms with Crippen LogP contribution in [0.15, 0.2) is 48.5 Å². The minimum Gasteiger partial charge on any atom is -0.495 e. The topological polar surface area (TPSA) is 41.6 Å². The second kappa shape index (κ2) is 6.30. The number of anilines is 2. The number of nitrogens with one attached hydrogen (secondary N) is 1. The summed E-state index contributed by atoms with van der Waals surface area (Å²) in [5.74, 6) is 0.570. The van der Waals surface area contributed by atoms with Gasteiger partial charge in [-0.05, 0) is 30.3 Å². The van der Waals surface area contributed by atoms with Crippen molar-refractivity contribution in [2.24, 2.45) is 0 Å². The molecular formula is C15H15ClN2O2. The molecule has 0 saturated carbocycles. The maximum absolute atomic E-state index is 12.1. The third-order valence-electron chi connectivity index (χ3n) is 2.85. The standard InChI is InChI=1S/C15H15ClN2O2/c1-18(12-6-4-3-5-7-12)15(19)17-11-8-9-14(20-2)13(16)10-11/h3-10H,1-2H3,(H,17,19). The van der Waals surface area contributed by atoms with Gasteiger partial charge < -0.3 is 10.1 Å². The van der Waals surface area contributed by atoms with Crippen molar-refractivity contribution in [2.45, 2.75) is 0 Å². The first-order chi connectivity index (χ1) is 9.61. The molecule has 2 aromatic carbocycles. The smallest absolute Gasteiger partial charge is 0.326 e. The molecule has 0 spiro atoms. The van der Waals surface area contributed by atoms with E-state index in [9.17, 15) is 4.79 Å². The Kier molecular flexibility index (Phi) is 4.48. The van der Waals surface area contributed by atoms with E-state index in [0.717, 1.165) is 5.69 Å². The number of hydrogen-bond donors (Lipinski definition) is 1. The van der Waals surface area contributed by atoms with E-state index in [1.54, 1.807) is 32.4 Å². The van der Waals surface area contributed by atoms with Gasteiger partial charge in [-0.1, -0.05) is 29.8 Å². The van der Waals surface area contributed by atoms with Gasteiger partial charge >= 0.3 is 6.03 Å². The molecule has 2 aromatic rings. The Bertz CT molecular complexity index is 602. The summed E-state index contributed by atoms with van der Waals surface area (Å²) in [6.45, 7) is 0. The number of para-hydroxylation sites is 1. The van der Waals surface area contributed by atoms with Gasteiger partial charge in [-0.2, -0.15) is 0 Å². The molecule has 0 unspecified atom stereocenters. The first-order valence-electron chi connectivity index (χ1n) is 6.05. The highest BCUT2D eigenvalue weighted by Crippen LogP contribution is 2.27. The highest BCUT2D eigenvalue weighted by Gasteiger charge is 2.11. The van der Waals surface area contributed by atoms with Crippen LogP contribution in [-0.4, -0.2) is 20.2 Å². The van der Waals surface area contributed by atoms with Crippen molar-refractivity contribution in [1.29, 1.82) is 0 Å². The van der Waals surface area contributed by atoms with E-state index < -0.39 is 0 Å². The third-order valence-corrected chi connectivity index (χ3v) is 3.15. The molecule has 0 heterocycles. The summed E-state index contributed by atoms with van der Waals surface area (Å²) in [4.78, 5) is 13.6. The Morgan fingerprint density at radius 3 is 2.50 bits per heavy atom. The van der Waals surface area contributed by atoms with E-state index in [2.05, 4.69) is 5.32 Å². The Morgan fingerprint density at radius 2 is 1.90 bits per heavy atom. The van der Waals surface area contributed by atoms with Gasteiger partial charge in [0, 0.05) is 18.4 Å². The maximum Gasteiger partial charge on any atom is 0.326 e. The van der Waals surface area contributed by atoms with Crippen LogP contribution in [0.5, 0.6) is 5.75 Å². The van der Waals surface area contributed by atoms with Gasteiger partial charge in [-0.3, -0.25) is 4.90 Å². The molecule has 0 saturated heterocycles. The van der Waals surface area contributed by atoms with Crippen LogP contribution in [0.3, 0.4) is 0 Å². The van der Waals surface area contributed by atoms with E-state index in [1.165, 1.54) is 4.90 Å². The summed E-state index contributed by atoms with van der Waals surface area (Å²) in [5, 5.41) is 3.23. The monoisotopic (exact) mass is 290 g/mol. The first-order valence-corrected chi connectivity index (χ1v) is 6.43. The van der Waals surface area contributed by atoms with Crippen LogP contribution in [0, 0.1) is 0 Å². The third kappa shape index (κ3) is 3.22. The predicted octanol–water partition coefficient (Wildman–Crippen LogP) is 4.02. The van der Waals surface area contributed by atoms with E-state index in [4.69, 9.17) is 16.3 Å². The Morgan fingerprint density at radius 1 is 1.20 bits per heavy atom. The fraction of sp³-hybridized carbons (Fsp3) is 0.133. The quantitative estimate of drug-likeness (QED) is 0.928. The lowest BCUT2D eigenvalue weighted by atomic mass is 10.3. The average Bonchev–Trinajstić information content (AvgIpc) is 2.47. The molecule has 2 amide bonds. The minimum atomic E-state index is -0.238. The molecule has 0 aromatic heterocycles. The number of nitrogens with zero attached hydrogens (tertiary/aromatic N) is 1. The van der Waals surface area contributed by atoms with Gasteiger partial charge in [0.25, 0.3) is 0 Å². The molecular weight excluding hydrogens is 276 g/mol. The van der Waals surface area contributed by atoms with Crippen LogP contribution in [0.1, 0.15) is 0 Å². The molecule has 2 rings (SSSR count). The van der Waals surface area contributed by atoms with Gasteiger partial charge in [-0.25, -0.2) is 4.79 Å². The summed E-state index contributed by atoms with van der Waals surface area (Å²) in [7, 11) is 3.25. The molecule has 0 bridgehead atoms. The molecule has 0 aliphatic carbocycles. The molecule has 5 heteroatoms. The molecule has 0 aliphatic heterocycles. The molecule has 0 radical (unpaired) electrons. The number of methoxy groups -OCH3 is 1. The van der Waals surface area contributed by atoms with Gasteiger partial charge in [0.05, 0.1) is 12.1 Å². The number of ether oxygens (including phenoxy) is 1. The van der Waals surface area contributed by atoms with Crippen LogP contribution in [-0.2, 0) is 0 Å². The number of hydrogen-bond acceptors (Lipinski definition) is 2. The number of amides is 2. The number of carbonyl (C=O) groups is 1. The molecule has 1 N–H and O–H groups in total. The summed E-state index contributed by atoms with van der Waals surface area (Å²) in [6, 6.07) is 14.2.